The van der Waals surface area contributed by atoms with Gasteiger partial charge in [0.05, 0.1) is 6.57 Å². The van der Waals surface area contributed by atoms with Crippen LogP contribution >= 0.6 is 11.6 Å². The lowest BCUT2D eigenvalue weighted by atomic mass is 10.4. The smallest absolute Gasteiger partial charge is 0.225 e. The highest BCUT2D eigenvalue weighted by atomic mass is 35.5. The van der Waals surface area contributed by atoms with Crippen LogP contribution in [-0.2, 0) is 0 Å². The van der Waals surface area contributed by atoms with Crippen molar-refractivity contribution in [2.45, 2.75) is 6.92 Å². The molecule has 0 saturated carbocycles. The molecule has 1 aromatic rings. The van der Waals surface area contributed by atoms with Gasteiger partial charge in [-0.25, -0.2) is 14.8 Å². The Labute approximate surface area is 63.5 Å². The number of hydrogen-bond donors (Lipinski definition) is 0. The maximum Gasteiger partial charge on any atom is 0.225 e. The molecule has 1 heterocycles. The van der Waals surface area contributed by atoms with Gasteiger partial charge < -0.3 is 0 Å². The molecule has 0 saturated heterocycles. The number of halogens is 1. The van der Waals surface area contributed by atoms with Crippen LogP contribution in [0.3, 0.4) is 0 Å². The molecule has 0 N–H and O–H groups in total. The van der Waals surface area contributed by atoms with E-state index >= 15 is 0 Å². The lowest BCUT2D eigenvalue weighted by molar-refractivity contribution is 1.11. The Hall–Kier alpha value is -1.14. The summed E-state index contributed by atoms with van der Waals surface area (Å²) in [6.07, 6.45) is 1.41. The van der Waals surface area contributed by atoms with E-state index in [0.717, 1.165) is 0 Å². The van der Waals surface area contributed by atoms with E-state index in [-0.39, 0.29) is 5.28 Å². The van der Waals surface area contributed by atoms with Crippen LogP contribution < -0.4 is 0 Å². The molecule has 0 aliphatic rings. The minimum atomic E-state index is 0.185. The summed E-state index contributed by atoms with van der Waals surface area (Å²) in [7, 11) is 0. The summed E-state index contributed by atoms with van der Waals surface area (Å²) < 4.78 is 0. The molecule has 0 fully saturated rings. The topological polar surface area (TPSA) is 30.1 Å². The molecule has 0 aromatic carbocycles. The zero-order chi connectivity index (χ0) is 7.56. The van der Waals surface area contributed by atoms with Crippen LogP contribution in [0.4, 0.5) is 5.69 Å². The lowest BCUT2D eigenvalue weighted by Crippen LogP contribution is -1.84. The molecule has 50 valence electrons. The Bertz CT molecular complexity index is 290. The van der Waals surface area contributed by atoms with E-state index in [1.807, 2.05) is 0 Å². The van der Waals surface area contributed by atoms with Gasteiger partial charge in [0.25, 0.3) is 0 Å². The third-order valence-electron chi connectivity index (χ3n) is 1.04. The van der Waals surface area contributed by atoms with Crippen LogP contribution in [0, 0.1) is 13.5 Å². The van der Waals surface area contributed by atoms with Crippen molar-refractivity contribution in [2.24, 2.45) is 0 Å². The maximum atomic E-state index is 6.66. The second-order valence-corrected chi connectivity index (χ2v) is 2.06. The molecule has 1 aromatic heterocycles. The largest absolute Gasteiger partial charge is 0.238 e. The second kappa shape index (κ2) is 2.63. The minimum absolute atomic E-state index is 0.185. The van der Waals surface area contributed by atoms with Gasteiger partial charge in [-0.15, -0.1) is 0 Å². The van der Waals surface area contributed by atoms with Gasteiger partial charge in [0, 0.05) is 11.9 Å². The molecule has 3 nitrogen and oxygen atoms in total. The number of rotatable bonds is 0. The van der Waals surface area contributed by atoms with E-state index in [1.165, 1.54) is 6.20 Å². The molecule has 0 unspecified atom stereocenters. The van der Waals surface area contributed by atoms with Gasteiger partial charge in [-0.1, -0.05) is 0 Å². The van der Waals surface area contributed by atoms with E-state index < -0.39 is 0 Å². The van der Waals surface area contributed by atoms with Crippen LogP contribution in [0.1, 0.15) is 5.69 Å². The monoisotopic (exact) mass is 153 g/mol. The first kappa shape index (κ1) is 6.97. The van der Waals surface area contributed by atoms with E-state index in [4.69, 9.17) is 18.2 Å². The summed E-state index contributed by atoms with van der Waals surface area (Å²) >= 11 is 5.45. The Morgan fingerprint density at radius 3 is 2.90 bits per heavy atom. The second-order valence-electron chi connectivity index (χ2n) is 1.72. The summed E-state index contributed by atoms with van der Waals surface area (Å²) in [6, 6.07) is 0. The van der Waals surface area contributed by atoms with Crippen molar-refractivity contribution in [1.29, 1.82) is 0 Å². The Morgan fingerprint density at radius 2 is 2.40 bits per heavy atom. The van der Waals surface area contributed by atoms with E-state index in [2.05, 4.69) is 14.8 Å². The molecule has 0 radical (unpaired) electrons. The molecule has 0 amide bonds. The van der Waals surface area contributed by atoms with Crippen molar-refractivity contribution in [3.63, 3.8) is 0 Å². The zero-order valence-electron chi connectivity index (χ0n) is 5.30. The summed E-state index contributed by atoms with van der Waals surface area (Å²) in [4.78, 5) is 10.6. The number of aryl methyl sites for hydroxylation is 1. The first-order valence-corrected chi connectivity index (χ1v) is 2.98. The Balaban J connectivity index is 3.23. The number of aromatic nitrogens is 2. The fourth-order valence-electron chi connectivity index (χ4n) is 0.542. The van der Waals surface area contributed by atoms with Crippen molar-refractivity contribution in [2.75, 3.05) is 0 Å². The van der Waals surface area contributed by atoms with Crippen LogP contribution in [0.15, 0.2) is 6.20 Å². The van der Waals surface area contributed by atoms with Gasteiger partial charge in [0.2, 0.25) is 11.0 Å². The standard InChI is InChI=1S/C6H4ClN3/c1-4-5(8-2)3-9-6(7)10-4/h3H,1H3. The quantitative estimate of drug-likeness (QED) is 0.422. The zero-order valence-corrected chi connectivity index (χ0v) is 6.05. The van der Waals surface area contributed by atoms with Gasteiger partial charge in [0.1, 0.15) is 0 Å². The summed E-state index contributed by atoms with van der Waals surface area (Å²) in [6.45, 7) is 8.38. The summed E-state index contributed by atoms with van der Waals surface area (Å²) in [5.74, 6) is 0. The van der Waals surface area contributed by atoms with Crippen LogP contribution in [-0.4, -0.2) is 9.97 Å². The van der Waals surface area contributed by atoms with Gasteiger partial charge in [0.15, 0.2) is 0 Å². The van der Waals surface area contributed by atoms with Crippen molar-refractivity contribution >= 4 is 17.3 Å². The highest BCUT2D eigenvalue weighted by Crippen LogP contribution is 2.15. The van der Waals surface area contributed by atoms with Crippen LogP contribution in [0.2, 0.25) is 5.28 Å². The highest BCUT2D eigenvalue weighted by molar-refractivity contribution is 6.28. The molecule has 4 heteroatoms. The molecule has 0 atom stereocenters. The van der Waals surface area contributed by atoms with Gasteiger partial charge in [-0.05, 0) is 18.5 Å². The molecule has 0 bridgehead atoms. The Kier molecular flexibility index (Phi) is 1.83. The van der Waals surface area contributed by atoms with E-state index in [1.54, 1.807) is 6.92 Å². The SMILES string of the molecule is [C-]#[N+]c1cnc(Cl)nc1C. The average Bonchev–Trinajstić information content (AvgIpc) is 1.88. The van der Waals surface area contributed by atoms with Crippen molar-refractivity contribution in [3.05, 3.63) is 28.6 Å². The normalized spacial score (nSPS) is 8.90. The van der Waals surface area contributed by atoms with Crippen LogP contribution in [0.5, 0.6) is 0 Å². The average molecular weight is 154 g/mol. The maximum absolute atomic E-state index is 6.66. The predicted octanol–water partition coefficient (Wildman–Crippen LogP) is 1.99. The lowest BCUT2D eigenvalue weighted by Gasteiger charge is -1.93. The van der Waals surface area contributed by atoms with Gasteiger partial charge >= 0.3 is 0 Å². The third-order valence-corrected chi connectivity index (χ3v) is 1.23. The molecule has 1 rings (SSSR count). The first-order valence-electron chi connectivity index (χ1n) is 2.60. The molecular formula is C6H4ClN3. The molecule has 0 aliphatic carbocycles. The van der Waals surface area contributed by atoms with E-state index in [9.17, 15) is 0 Å². The molecule has 0 aliphatic heterocycles. The first-order chi connectivity index (χ1) is 4.74. The molecule has 10 heavy (non-hydrogen) atoms. The third kappa shape index (κ3) is 1.23. The fraction of sp³-hybridized carbons (Fsp3) is 0.167. The fourth-order valence-corrected chi connectivity index (χ4v) is 0.718. The van der Waals surface area contributed by atoms with Crippen molar-refractivity contribution in [1.82, 2.24) is 9.97 Å². The molecule has 0 spiro atoms. The predicted molar refractivity (Wildman–Crippen MR) is 38.0 cm³/mol. The van der Waals surface area contributed by atoms with Gasteiger partial charge in [-0.3, -0.25) is 0 Å². The van der Waals surface area contributed by atoms with E-state index in [0.29, 0.717) is 11.4 Å². The summed E-state index contributed by atoms with van der Waals surface area (Å²) in [5, 5.41) is 0.185. The van der Waals surface area contributed by atoms with Gasteiger partial charge in [-0.2, -0.15) is 0 Å². The summed E-state index contributed by atoms with van der Waals surface area (Å²) in [5.41, 5.74) is 1.07. The minimum Gasteiger partial charge on any atom is -0.238 e. The van der Waals surface area contributed by atoms with Crippen molar-refractivity contribution < 1.29 is 0 Å². The Morgan fingerprint density at radius 1 is 1.70 bits per heavy atom. The highest BCUT2D eigenvalue weighted by Gasteiger charge is 1.98. The number of nitrogens with zero attached hydrogens (tertiary/aromatic N) is 3. The van der Waals surface area contributed by atoms with Crippen molar-refractivity contribution in [3.8, 4) is 0 Å². The van der Waals surface area contributed by atoms with Crippen LogP contribution in [0.25, 0.3) is 4.85 Å². The number of hydrogen-bond acceptors (Lipinski definition) is 2. The molecular weight excluding hydrogens is 150 g/mol.